The summed E-state index contributed by atoms with van der Waals surface area (Å²) in [5, 5.41) is 16.3. The van der Waals surface area contributed by atoms with Crippen LogP contribution in [0.3, 0.4) is 0 Å². The minimum Gasteiger partial charge on any atom is -0.264 e. The highest BCUT2D eigenvalue weighted by atomic mass is 14.8. The monoisotopic (exact) mass is 1850 g/mol. The number of fused-ring (bicyclic) bond motifs is 10. The van der Waals surface area contributed by atoms with Crippen LogP contribution >= 0.6 is 0 Å². The molecule has 0 aliphatic carbocycles. The van der Waals surface area contributed by atoms with E-state index in [9.17, 15) is 0 Å². The van der Waals surface area contributed by atoms with Crippen LogP contribution in [0.15, 0.2) is 371 Å². The molecule has 9 heterocycles. The van der Waals surface area contributed by atoms with Crippen LogP contribution < -0.4 is 0 Å². The molecule has 720 valence electrons. The molecule has 0 atom stereocenters. The molecule has 9 nitrogen and oxygen atoms in total. The fourth-order valence-electron chi connectivity index (χ4n) is 15.3. The van der Waals surface area contributed by atoms with Gasteiger partial charge in [0.1, 0.15) is 0 Å². The fourth-order valence-corrected chi connectivity index (χ4v) is 15.3. The van der Waals surface area contributed by atoms with Gasteiger partial charge in [-0.15, -0.1) is 0 Å². The lowest BCUT2D eigenvalue weighted by atomic mass is 9.86. The maximum atomic E-state index is 4.65. The lowest BCUT2D eigenvalue weighted by Crippen LogP contribution is -2.13. The van der Waals surface area contributed by atoms with Gasteiger partial charge in [0, 0.05) is 121 Å². The van der Waals surface area contributed by atoms with Crippen molar-refractivity contribution in [2.24, 2.45) is 0 Å². The van der Waals surface area contributed by atoms with Crippen LogP contribution in [0.25, 0.3) is 109 Å². The number of rotatable bonds is 0. The second-order valence-electron chi connectivity index (χ2n) is 46.8. The third-order valence-electron chi connectivity index (χ3n) is 24.6. The second-order valence-corrected chi connectivity index (χ2v) is 46.8. The van der Waals surface area contributed by atoms with Crippen molar-refractivity contribution in [3.8, 4) is 0 Å². The molecule has 0 spiro atoms. The molecule has 20 aromatic rings. The number of pyridine rings is 9. The molecule has 0 saturated carbocycles. The summed E-state index contributed by atoms with van der Waals surface area (Å²) < 4.78 is 0. The molecule has 140 heavy (non-hydrogen) atoms. The average molecular weight is 1850 g/mol. The summed E-state index contributed by atoms with van der Waals surface area (Å²) in [6.07, 6.45) is 15.1. The van der Waals surface area contributed by atoms with Gasteiger partial charge in [0.2, 0.25) is 0 Å². The Bertz CT molecular complexity index is 6000. The SMILES string of the molecule is CC(C)(C)c1cc2ccccc2cn1.CC(C)(C)c1ccc2ccccc2c1.CC(C)(C)c1ccc2ccccc2c1.CC(C)(C)c1ccc2ccccc2n1.CC(C)(C)c1ccc2cccnc2c1.CC(C)(C)c1ccc2cnccc2c1.CC(C)(C)c1ccc2ncccc2c1.CC(C)(C)c1ccc2ncccc2n1.CC(C)(C)c1cnc2ccccc2c1.CC(C)(C)c1cnc2ccccc2c1. The van der Waals surface area contributed by atoms with Gasteiger partial charge in [-0.3, -0.25) is 44.9 Å². The van der Waals surface area contributed by atoms with Crippen LogP contribution in [0.1, 0.15) is 264 Å². The van der Waals surface area contributed by atoms with Gasteiger partial charge in [-0.25, -0.2) is 0 Å². The lowest BCUT2D eigenvalue weighted by Gasteiger charge is -2.19. The van der Waals surface area contributed by atoms with Gasteiger partial charge in [-0.05, 0) is 212 Å². The first-order valence-corrected chi connectivity index (χ1v) is 49.4. The zero-order valence-electron chi connectivity index (χ0n) is 89.2. The Morgan fingerprint density at radius 2 is 0.407 bits per heavy atom. The summed E-state index contributed by atoms with van der Waals surface area (Å²) >= 11 is 0. The van der Waals surface area contributed by atoms with E-state index in [4.69, 9.17) is 0 Å². The molecular formula is C131H151N9. The minimum absolute atomic E-state index is 0.101. The van der Waals surface area contributed by atoms with Crippen molar-refractivity contribution in [1.29, 1.82) is 0 Å². The van der Waals surface area contributed by atoms with Crippen LogP contribution in [0.2, 0.25) is 0 Å². The molecular weight excluding hydrogens is 1700 g/mol. The molecule has 0 saturated heterocycles. The highest BCUT2D eigenvalue weighted by molar-refractivity contribution is 5.87. The Morgan fingerprint density at radius 1 is 0.136 bits per heavy atom. The van der Waals surface area contributed by atoms with Crippen LogP contribution in [0.4, 0.5) is 0 Å². The van der Waals surface area contributed by atoms with E-state index in [0.29, 0.717) is 0 Å². The van der Waals surface area contributed by atoms with Crippen LogP contribution in [-0.4, -0.2) is 44.9 Å². The Morgan fingerprint density at radius 3 is 0.857 bits per heavy atom. The first-order chi connectivity index (χ1) is 65.7. The summed E-state index contributed by atoms with van der Waals surface area (Å²) in [6, 6.07) is 112. The summed E-state index contributed by atoms with van der Waals surface area (Å²) in [7, 11) is 0. The predicted molar refractivity (Wildman–Crippen MR) is 607 cm³/mol. The van der Waals surface area contributed by atoms with Gasteiger partial charge in [0.25, 0.3) is 0 Å². The van der Waals surface area contributed by atoms with E-state index in [1.807, 2.05) is 116 Å². The Labute approximate surface area is 836 Å². The summed E-state index contributed by atoms with van der Waals surface area (Å²) in [4.78, 5) is 39.6. The molecule has 0 N–H and O–H groups in total. The van der Waals surface area contributed by atoms with Crippen molar-refractivity contribution in [3.63, 3.8) is 0 Å². The molecule has 0 aliphatic rings. The first-order valence-electron chi connectivity index (χ1n) is 49.4. The maximum Gasteiger partial charge on any atom is 0.0890 e. The van der Waals surface area contributed by atoms with E-state index in [1.54, 1.807) is 6.20 Å². The quantitative estimate of drug-likeness (QED) is 0.146. The van der Waals surface area contributed by atoms with Crippen molar-refractivity contribution in [1.82, 2.24) is 44.9 Å². The summed E-state index contributed by atoms with van der Waals surface area (Å²) in [5.41, 5.74) is 22.0. The van der Waals surface area contributed by atoms with Gasteiger partial charge in [0.05, 0.1) is 38.6 Å². The number of para-hydroxylation sites is 3. The maximum absolute atomic E-state index is 4.65. The Balaban J connectivity index is 0.000000149. The predicted octanol–water partition coefficient (Wildman–Crippen LogP) is 35.9. The van der Waals surface area contributed by atoms with Crippen molar-refractivity contribution in [2.45, 2.75) is 262 Å². The lowest BCUT2D eigenvalue weighted by molar-refractivity contribution is 0.570. The van der Waals surface area contributed by atoms with Gasteiger partial charge in [-0.2, -0.15) is 0 Å². The minimum atomic E-state index is 0.101. The van der Waals surface area contributed by atoms with E-state index in [2.05, 4.69) is 501 Å². The number of aromatic nitrogens is 9. The van der Waals surface area contributed by atoms with E-state index < -0.39 is 0 Å². The zero-order chi connectivity index (χ0) is 102. The van der Waals surface area contributed by atoms with Gasteiger partial charge >= 0.3 is 0 Å². The van der Waals surface area contributed by atoms with E-state index in [0.717, 1.165) is 55.7 Å². The number of nitrogens with zero attached hydrogens (tertiary/aromatic N) is 9. The van der Waals surface area contributed by atoms with Crippen molar-refractivity contribution >= 4 is 109 Å². The topological polar surface area (TPSA) is 116 Å². The van der Waals surface area contributed by atoms with Crippen LogP contribution in [0.5, 0.6) is 0 Å². The number of hydrogen-bond donors (Lipinski definition) is 0. The largest absolute Gasteiger partial charge is 0.264 e. The van der Waals surface area contributed by atoms with Gasteiger partial charge < -0.3 is 0 Å². The molecule has 11 aromatic carbocycles. The molecule has 0 unspecified atom stereocenters. The number of benzene rings is 11. The zero-order valence-corrected chi connectivity index (χ0v) is 89.2. The van der Waals surface area contributed by atoms with Gasteiger partial charge in [0.15, 0.2) is 0 Å². The Hall–Kier alpha value is -13.6. The molecule has 9 aromatic heterocycles. The van der Waals surface area contributed by atoms with Crippen LogP contribution in [0, 0.1) is 0 Å². The second kappa shape index (κ2) is 45.5. The average Bonchev–Trinajstić information content (AvgIpc) is 0.869. The third kappa shape index (κ3) is 31.2. The van der Waals surface area contributed by atoms with Crippen molar-refractivity contribution < 1.29 is 0 Å². The van der Waals surface area contributed by atoms with Gasteiger partial charge in [-0.1, -0.05) is 426 Å². The third-order valence-corrected chi connectivity index (χ3v) is 24.6. The van der Waals surface area contributed by atoms with E-state index >= 15 is 0 Å². The molecule has 0 aliphatic heterocycles. The van der Waals surface area contributed by atoms with Crippen molar-refractivity contribution in [3.05, 3.63) is 427 Å². The van der Waals surface area contributed by atoms with Crippen LogP contribution in [-0.2, 0) is 54.1 Å². The molecule has 0 fully saturated rings. The van der Waals surface area contributed by atoms with E-state index in [1.165, 1.54) is 109 Å². The molecule has 0 radical (unpaired) electrons. The van der Waals surface area contributed by atoms with Crippen molar-refractivity contribution in [2.75, 3.05) is 0 Å². The molecule has 9 heteroatoms. The molecule has 20 rings (SSSR count). The molecule has 0 amide bonds. The fraction of sp³-hybridized carbons (Fsp3) is 0.305. The first kappa shape index (κ1) is 107. The smallest absolute Gasteiger partial charge is 0.0890 e. The standard InChI is InChI=1S/2C14H16.7C13H15N.C12H14N2/c2*1-14(2,3)13-9-8-11-6-4-5-7-12(11)10-13;1-13(2,3)12-5-4-11-9-14-7-6-10(11)8-12;1-13(2,3)11-6-7-12-10(9-11)5-4-8-14-12;1-13(2,3)11-7-6-10-5-4-8-14-12(10)9-11;2*1-13(2,3)11-8-10-6-4-5-7-12(10)14-9-11;1-13(2,3)12-8-10-6-4-5-7-11(10)9-14-12;1-13(2,3)12-9-8-10-6-4-5-7-11(10)14-12;1-12(2,3)11-7-6-9-10(14-11)5-4-8-13-9/h2*4-10H,1-3H3;7*4-9H,1-3H3;4-8H,1-3H3. The summed E-state index contributed by atoms with van der Waals surface area (Å²) in [6.45, 7) is 66.4. The Kier molecular flexibility index (Phi) is 34.7. The summed E-state index contributed by atoms with van der Waals surface area (Å²) in [5.74, 6) is 0. The van der Waals surface area contributed by atoms with E-state index in [-0.39, 0.29) is 54.1 Å². The highest BCUT2D eigenvalue weighted by Crippen LogP contribution is 2.35. The highest BCUT2D eigenvalue weighted by Gasteiger charge is 2.23. The molecule has 0 bridgehead atoms. The normalized spacial score (nSPS) is 11.9. The number of hydrogen-bond acceptors (Lipinski definition) is 9.